The van der Waals surface area contributed by atoms with Crippen molar-refractivity contribution in [1.29, 1.82) is 0 Å². The molecule has 7 heteroatoms. The van der Waals surface area contributed by atoms with Gasteiger partial charge >= 0.3 is 0 Å². The Morgan fingerprint density at radius 3 is 2.44 bits per heavy atom. The van der Waals surface area contributed by atoms with Crippen molar-refractivity contribution in [3.05, 3.63) is 28.2 Å². The first-order valence-electron chi connectivity index (χ1n) is 5.42. The number of aromatic nitrogens is 1. The van der Waals surface area contributed by atoms with Gasteiger partial charge in [0.1, 0.15) is 18.3 Å². The molecule has 18 heavy (non-hydrogen) atoms. The van der Waals surface area contributed by atoms with Crippen LogP contribution in [0.1, 0.15) is 5.69 Å². The van der Waals surface area contributed by atoms with Crippen LogP contribution in [0.2, 0.25) is 0 Å². The van der Waals surface area contributed by atoms with Crippen LogP contribution in [0.5, 0.6) is 5.75 Å². The molecule has 0 radical (unpaired) electrons. The van der Waals surface area contributed by atoms with Crippen molar-refractivity contribution in [2.45, 2.75) is 31.8 Å². The summed E-state index contributed by atoms with van der Waals surface area (Å²) in [5.74, 6) is -0.429. The van der Waals surface area contributed by atoms with E-state index >= 15 is 0 Å². The van der Waals surface area contributed by atoms with Crippen LogP contribution in [-0.2, 0) is 6.54 Å². The minimum absolute atomic E-state index is 0.127. The lowest BCUT2D eigenvalue weighted by molar-refractivity contribution is -0.0807. The van der Waals surface area contributed by atoms with E-state index in [1.807, 2.05) is 0 Å². The summed E-state index contributed by atoms with van der Waals surface area (Å²) in [5, 5.41) is 46.4. The summed E-state index contributed by atoms with van der Waals surface area (Å²) in [7, 11) is 0. The monoisotopic (exact) mass is 259 g/mol. The highest BCUT2D eigenvalue weighted by atomic mass is 16.4. The van der Waals surface area contributed by atoms with Gasteiger partial charge in [-0.1, -0.05) is 0 Å². The second kappa shape index (κ2) is 5.96. The molecular formula is C11H17NO6. The quantitative estimate of drug-likeness (QED) is 0.414. The second-order valence-corrected chi connectivity index (χ2v) is 4.07. The molecule has 0 amide bonds. The van der Waals surface area contributed by atoms with Gasteiger partial charge in [-0.05, 0) is 6.92 Å². The van der Waals surface area contributed by atoms with Gasteiger partial charge in [-0.15, -0.1) is 0 Å². The molecule has 1 aromatic rings. The molecule has 0 aliphatic carbocycles. The molecule has 0 aromatic carbocycles. The van der Waals surface area contributed by atoms with E-state index in [9.17, 15) is 25.2 Å². The fourth-order valence-corrected chi connectivity index (χ4v) is 1.53. The van der Waals surface area contributed by atoms with Crippen molar-refractivity contribution < 1.29 is 25.5 Å². The fourth-order valence-electron chi connectivity index (χ4n) is 1.53. The molecule has 1 rings (SSSR count). The Bertz CT molecular complexity index is 457. The summed E-state index contributed by atoms with van der Waals surface area (Å²) in [6, 6.07) is 1.13. The van der Waals surface area contributed by atoms with Crippen molar-refractivity contribution in [3.63, 3.8) is 0 Å². The van der Waals surface area contributed by atoms with Crippen LogP contribution < -0.4 is 5.43 Å². The molecule has 0 aliphatic heterocycles. The Balaban J connectivity index is 2.85. The molecular weight excluding hydrogens is 242 g/mol. The molecule has 3 atom stereocenters. The van der Waals surface area contributed by atoms with Crippen LogP contribution in [-0.4, -0.2) is 55.0 Å². The standard InChI is InChI=1S/C11H17NO6/c1-6-10(17)7(14)2-3-12(6)4-8(15)11(18)9(16)5-13/h2-3,8-9,11,13,15-18H,4-5H2,1H3/t8-,9+,11+/m0/s1. The van der Waals surface area contributed by atoms with E-state index in [1.54, 1.807) is 0 Å². The topological polar surface area (TPSA) is 123 Å². The number of aromatic hydroxyl groups is 1. The maximum absolute atomic E-state index is 11.1. The van der Waals surface area contributed by atoms with Gasteiger partial charge in [0, 0.05) is 12.3 Å². The van der Waals surface area contributed by atoms with E-state index in [4.69, 9.17) is 5.11 Å². The molecule has 102 valence electrons. The SMILES string of the molecule is Cc1c(O)c(=O)ccn1C[C@H](O)[C@@H](O)[C@H](O)CO. The maximum Gasteiger partial charge on any atom is 0.223 e. The van der Waals surface area contributed by atoms with Gasteiger partial charge in [-0.2, -0.15) is 0 Å². The van der Waals surface area contributed by atoms with Crippen LogP contribution in [0.3, 0.4) is 0 Å². The van der Waals surface area contributed by atoms with Gasteiger partial charge < -0.3 is 30.1 Å². The van der Waals surface area contributed by atoms with E-state index in [0.717, 1.165) is 6.07 Å². The highest BCUT2D eigenvalue weighted by molar-refractivity contribution is 5.25. The first kappa shape index (κ1) is 14.7. The smallest absolute Gasteiger partial charge is 0.223 e. The van der Waals surface area contributed by atoms with Gasteiger partial charge in [0.15, 0.2) is 5.75 Å². The zero-order chi connectivity index (χ0) is 13.9. The van der Waals surface area contributed by atoms with Crippen molar-refractivity contribution >= 4 is 0 Å². The molecule has 1 aromatic heterocycles. The third-order valence-electron chi connectivity index (χ3n) is 2.77. The van der Waals surface area contributed by atoms with Crippen LogP contribution in [0, 0.1) is 6.92 Å². The molecule has 5 N–H and O–H groups in total. The van der Waals surface area contributed by atoms with Crippen LogP contribution in [0.25, 0.3) is 0 Å². The average molecular weight is 259 g/mol. The maximum atomic E-state index is 11.1. The fraction of sp³-hybridized carbons (Fsp3) is 0.545. The number of hydrogen-bond donors (Lipinski definition) is 5. The van der Waals surface area contributed by atoms with Crippen LogP contribution >= 0.6 is 0 Å². The number of hydrogen-bond acceptors (Lipinski definition) is 6. The number of rotatable bonds is 5. The largest absolute Gasteiger partial charge is 0.503 e. The van der Waals surface area contributed by atoms with Crippen molar-refractivity contribution in [3.8, 4) is 5.75 Å². The molecule has 0 saturated carbocycles. The lowest BCUT2D eigenvalue weighted by atomic mass is 10.1. The first-order chi connectivity index (χ1) is 8.38. The van der Waals surface area contributed by atoms with Crippen molar-refractivity contribution in [1.82, 2.24) is 4.57 Å². The summed E-state index contributed by atoms with van der Waals surface area (Å²) in [5.41, 5.74) is -0.290. The highest BCUT2D eigenvalue weighted by Gasteiger charge is 2.24. The van der Waals surface area contributed by atoms with E-state index in [2.05, 4.69) is 0 Å². The van der Waals surface area contributed by atoms with Crippen LogP contribution in [0.4, 0.5) is 0 Å². The number of pyridine rings is 1. The third kappa shape index (κ3) is 3.08. The molecule has 0 bridgehead atoms. The Kier molecular flexibility index (Phi) is 4.85. The van der Waals surface area contributed by atoms with E-state index in [-0.39, 0.29) is 12.2 Å². The summed E-state index contributed by atoms with van der Waals surface area (Å²) >= 11 is 0. The lowest BCUT2D eigenvalue weighted by Crippen LogP contribution is -2.41. The Hall–Kier alpha value is -1.41. The molecule has 0 unspecified atom stereocenters. The van der Waals surface area contributed by atoms with Crippen molar-refractivity contribution in [2.24, 2.45) is 0 Å². The predicted octanol–water partition coefficient (Wildman–Crippen LogP) is -2.06. The predicted molar refractivity (Wildman–Crippen MR) is 62.2 cm³/mol. The average Bonchev–Trinajstić information content (AvgIpc) is 2.37. The minimum Gasteiger partial charge on any atom is -0.503 e. The van der Waals surface area contributed by atoms with Crippen LogP contribution in [0.15, 0.2) is 17.1 Å². The summed E-state index contributed by atoms with van der Waals surface area (Å²) < 4.78 is 1.37. The summed E-state index contributed by atoms with van der Waals surface area (Å²) in [6.07, 6.45) is -2.95. The molecule has 0 spiro atoms. The van der Waals surface area contributed by atoms with Gasteiger partial charge in [0.2, 0.25) is 5.43 Å². The molecule has 0 saturated heterocycles. The molecule has 7 nitrogen and oxygen atoms in total. The molecule has 0 aliphatic rings. The van der Waals surface area contributed by atoms with E-state index in [1.165, 1.54) is 17.7 Å². The third-order valence-corrected chi connectivity index (χ3v) is 2.77. The lowest BCUT2D eigenvalue weighted by Gasteiger charge is -2.23. The Morgan fingerprint density at radius 2 is 1.89 bits per heavy atom. The summed E-state index contributed by atoms with van der Waals surface area (Å²) in [6.45, 7) is 0.683. The van der Waals surface area contributed by atoms with Crippen molar-refractivity contribution in [2.75, 3.05) is 6.61 Å². The normalized spacial score (nSPS) is 16.3. The summed E-state index contributed by atoms with van der Waals surface area (Å²) in [4.78, 5) is 11.1. The second-order valence-electron chi connectivity index (χ2n) is 4.07. The van der Waals surface area contributed by atoms with Gasteiger partial charge in [0.05, 0.1) is 18.8 Å². The van der Waals surface area contributed by atoms with Gasteiger partial charge in [-0.25, -0.2) is 0 Å². The number of aliphatic hydroxyl groups excluding tert-OH is 4. The highest BCUT2D eigenvalue weighted by Crippen LogP contribution is 2.11. The molecule has 1 heterocycles. The minimum atomic E-state index is -1.52. The number of nitrogens with zero attached hydrogens (tertiary/aromatic N) is 1. The zero-order valence-corrected chi connectivity index (χ0v) is 9.89. The number of aliphatic hydroxyl groups is 4. The van der Waals surface area contributed by atoms with Gasteiger partial charge in [-0.3, -0.25) is 4.79 Å². The van der Waals surface area contributed by atoms with Gasteiger partial charge in [0.25, 0.3) is 0 Å². The van der Waals surface area contributed by atoms with E-state index in [0.29, 0.717) is 0 Å². The Labute approximate surface area is 103 Å². The zero-order valence-electron chi connectivity index (χ0n) is 9.89. The Morgan fingerprint density at radius 1 is 1.28 bits per heavy atom. The first-order valence-corrected chi connectivity index (χ1v) is 5.42. The van der Waals surface area contributed by atoms with E-state index < -0.39 is 36.1 Å². The molecule has 0 fully saturated rings.